The molecule has 0 spiro atoms. The summed E-state index contributed by atoms with van der Waals surface area (Å²) in [6.45, 7) is 1.84. The van der Waals surface area contributed by atoms with Crippen LogP contribution in [0, 0.1) is 0 Å². The van der Waals surface area contributed by atoms with Crippen molar-refractivity contribution in [3.63, 3.8) is 0 Å². The molecule has 1 aliphatic carbocycles. The van der Waals surface area contributed by atoms with Gasteiger partial charge in [0.05, 0.1) is 10.5 Å². The number of rotatable bonds is 2. The number of aromatic nitrogens is 1. The molecule has 0 N–H and O–H groups in total. The average Bonchev–Trinajstić information content (AvgIpc) is 2.60. The van der Waals surface area contributed by atoms with Crippen molar-refractivity contribution in [3.8, 4) is 0 Å². The molecular formula is C11H10BrNO. The number of fused-ring (bicyclic) bond motifs is 1. The monoisotopic (exact) mass is 251 g/mol. The molecule has 0 saturated carbocycles. The Hall–Kier alpha value is -0.960. The molecule has 2 nitrogen and oxygen atoms in total. The predicted octanol–water partition coefficient (Wildman–Crippen LogP) is 2.37. The van der Waals surface area contributed by atoms with Gasteiger partial charge in [0, 0.05) is 23.8 Å². The molecule has 14 heavy (non-hydrogen) atoms. The first-order valence-corrected chi connectivity index (χ1v) is 5.44. The van der Waals surface area contributed by atoms with E-state index in [-0.39, 0.29) is 10.6 Å². The van der Waals surface area contributed by atoms with Crippen molar-refractivity contribution >= 4 is 27.3 Å². The van der Waals surface area contributed by atoms with Gasteiger partial charge < -0.3 is 0 Å². The summed E-state index contributed by atoms with van der Waals surface area (Å²) in [5.74, 6) is 0.136. The number of hydrogen-bond acceptors (Lipinski definition) is 2. The van der Waals surface area contributed by atoms with Crippen molar-refractivity contribution in [2.75, 3.05) is 0 Å². The van der Waals surface area contributed by atoms with Gasteiger partial charge in [-0.25, -0.2) is 0 Å². The Labute approximate surface area is 91.2 Å². The highest BCUT2D eigenvalue weighted by Crippen LogP contribution is 2.28. The fourth-order valence-corrected chi connectivity index (χ4v) is 1.85. The Balaban J connectivity index is 2.38. The van der Waals surface area contributed by atoms with Crippen molar-refractivity contribution in [1.29, 1.82) is 0 Å². The SMILES string of the molecule is CC(Br)C(=O)C1=CCc2ncccc21. The van der Waals surface area contributed by atoms with E-state index in [0.29, 0.717) is 0 Å². The normalized spacial score (nSPS) is 16.0. The maximum Gasteiger partial charge on any atom is 0.176 e. The Morgan fingerprint density at radius 1 is 1.64 bits per heavy atom. The molecule has 0 saturated heterocycles. The van der Waals surface area contributed by atoms with Crippen molar-refractivity contribution < 1.29 is 4.79 Å². The summed E-state index contributed by atoms with van der Waals surface area (Å²) in [5.41, 5.74) is 2.80. The van der Waals surface area contributed by atoms with Gasteiger partial charge in [0.1, 0.15) is 0 Å². The fraction of sp³-hybridized carbons (Fsp3) is 0.273. The van der Waals surface area contributed by atoms with Gasteiger partial charge in [-0.15, -0.1) is 0 Å². The maximum atomic E-state index is 11.8. The summed E-state index contributed by atoms with van der Waals surface area (Å²) in [5, 5.41) is 0. The standard InChI is InChI=1S/C11H10BrNO/c1-7(12)11(14)9-4-5-10-8(9)3-2-6-13-10/h2-4,6-7H,5H2,1H3. The van der Waals surface area contributed by atoms with Crippen LogP contribution in [0.4, 0.5) is 0 Å². The first-order valence-electron chi connectivity index (χ1n) is 4.53. The number of carbonyl (C=O) groups is 1. The molecule has 1 heterocycles. The maximum absolute atomic E-state index is 11.8. The molecule has 1 unspecified atom stereocenters. The van der Waals surface area contributed by atoms with E-state index in [4.69, 9.17) is 0 Å². The lowest BCUT2D eigenvalue weighted by Crippen LogP contribution is -2.10. The molecule has 0 bridgehead atoms. The number of halogens is 1. The number of allylic oxidation sites excluding steroid dienone is 2. The van der Waals surface area contributed by atoms with Crippen LogP contribution in [-0.4, -0.2) is 15.6 Å². The highest BCUT2D eigenvalue weighted by atomic mass is 79.9. The minimum atomic E-state index is -0.125. The summed E-state index contributed by atoms with van der Waals surface area (Å²) in [4.78, 5) is 15.9. The van der Waals surface area contributed by atoms with Gasteiger partial charge in [0.15, 0.2) is 5.78 Å². The van der Waals surface area contributed by atoms with Gasteiger partial charge in [0.2, 0.25) is 0 Å². The van der Waals surface area contributed by atoms with E-state index >= 15 is 0 Å². The van der Waals surface area contributed by atoms with E-state index in [1.807, 2.05) is 25.1 Å². The van der Waals surface area contributed by atoms with E-state index in [1.165, 1.54) is 0 Å². The van der Waals surface area contributed by atoms with E-state index in [9.17, 15) is 4.79 Å². The van der Waals surface area contributed by atoms with Crippen molar-refractivity contribution in [2.24, 2.45) is 0 Å². The minimum Gasteiger partial charge on any atom is -0.293 e. The van der Waals surface area contributed by atoms with Crippen molar-refractivity contribution in [1.82, 2.24) is 4.98 Å². The highest BCUT2D eigenvalue weighted by Gasteiger charge is 2.22. The predicted molar refractivity (Wildman–Crippen MR) is 59.3 cm³/mol. The molecule has 1 aromatic heterocycles. The van der Waals surface area contributed by atoms with Gasteiger partial charge in [-0.05, 0) is 13.0 Å². The molecule has 0 fully saturated rings. The van der Waals surface area contributed by atoms with Gasteiger partial charge in [-0.1, -0.05) is 28.1 Å². The molecule has 1 atom stereocenters. The second-order valence-corrected chi connectivity index (χ2v) is 4.67. The van der Waals surface area contributed by atoms with Crippen LogP contribution in [-0.2, 0) is 11.2 Å². The van der Waals surface area contributed by atoms with Crippen LogP contribution in [0.1, 0.15) is 18.2 Å². The zero-order chi connectivity index (χ0) is 10.1. The highest BCUT2D eigenvalue weighted by molar-refractivity contribution is 9.10. The molecule has 0 radical (unpaired) electrons. The van der Waals surface area contributed by atoms with Crippen LogP contribution in [0.25, 0.3) is 5.57 Å². The van der Waals surface area contributed by atoms with E-state index in [1.54, 1.807) is 6.20 Å². The zero-order valence-corrected chi connectivity index (χ0v) is 9.41. The molecule has 1 aromatic rings. The molecule has 3 heteroatoms. The van der Waals surface area contributed by atoms with Crippen LogP contribution in [0.2, 0.25) is 0 Å². The number of nitrogens with zero attached hydrogens (tertiary/aromatic N) is 1. The van der Waals surface area contributed by atoms with Crippen molar-refractivity contribution in [3.05, 3.63) is 35.7 Å². The number of hydrogen-bond donors (Lipinski definition) is 0. The lowest BCUT2D eigenvalue weighted by Gasteiger charge is -2.05. The summed E-state index contributed by atoms with van der Waals surface area (Å²) >= 11 is 3.29. The number of alkyl halides is 1. The molecule has 0 aromatic carbocycles. The largest absolute Gasteiger partial charge is 0.293 e. The van der Waals surface area contributed by atoms with Crippen LogP contribution in [0.3, 0.4) is 0 Å². The quantitative estimate of drug-likeness (QED) is 0.756. The summed E-state index contributed by atoms with van der Waals surface area (Å²) in [6, 6.07) is 3.82. The van der Waals surface area contributed by atoms with Gasteiger partial charge in [-0.3, -0.25) is 9.78 Å². The van der Waals surface area contributed by atoms with Crippen LogP contribution in [0.5, 0.6) is 0 Å². The molecule has 72 valence electrons. The Morgan fingerprint density at radius 3 is 3.14 bits per heavy atom. The van der Waals surface area contributed by atoms with E-state index in [2.05, 4.69) is 20.9 Å². The van der Waals surface area contributed by atoms with Crippen molar-refractivity contribution in [2.45, 2.75) is 18.2 Å². The van der Waals surface area contributed by atoms with E-state index < -0.39 is 0 Å². The third-order valence-corrected chi connectivity index (χ3v) is 2.72. The van der Waals surface area contributed by atoms with Crippen LogP contribution >= 0.6 is 15.9 Å². The topological polar surface area (TPSA) is 30.0 Å². The summed E-state index contributed by atoms with van der Waals surface area (Å²) in [6.07, 6.45) is 4.49. The van der Waals surface area contributed by atoms with Gasteiger partial charge in [0.25, 0.3) is 0 Å². The second-order valence-electron chi connectivity index (χ2n) is 3.30. The molecule has 1 aliphatic rings. The second kappa shape index (κ2) is 3.65. The lowest BCUT2D eigenvalue weighted by molar-refractivity contribution is -0.112. The van der Waals surface area contributed by atoms with E-state index in [0.717, 1.165) is 23.3 Å². The zero-order valence-electron chi connectivity index (χ0n) is 7.83. The third-order valence-electron chi connectivity index (χ3n) is 2.31. The smallest absolute Gasteiger partial charge is 0.176 e. The number of pyridine rings is 1. The Bertz CT molecular complexity index is 410. The Morgan fingerprint density at radius 2 is 2.43 bits per heavy atom. The van der Waals surface area contributed by atoms with Gasteiger partial charge >= 0.3 is 0 Å². The molecule has 0 aliphatic heterocycles. The first-order chi connectivity index (χ1) is 6.70. The molecule has 2 rings (SSSR count). The molecule has 0 amide bonds. The third kappa shape index (κ3) is 1.52. The fourth-order valence-electron chi connectivity index (χ4n) is 1.60. The average molecular weight is 252 g/mol. The minimum absolute atomic E-state index is 0.125. The summed E-state index contributed by atoms with van der Waals surface area (Å²) < 4.78 is 0. The lowest BCUT2D eigenvalue weighted by atomic mass is 10.0. The number of Topliss-reactive ketones (excluding diaryl/α,β-unsaturated/α-hetero) is 1. The van der Waals surface area contributed by atoms with Crippen LogP contribution < -0.4 is 0 Å². The number of carbonyl (C=O) groups excluding carboxylic acids is 1. The molecular weight excluding hydrogens is 242 g/mol. The Kier molecular flexibility index (Phi) is 2.50. The first kappa shape index (κ1) is 9.59. The van der Waals surface area contributed by atoms with Crippen LogP contribution in [0.15, 0.2) is 24.4 Å². The summed E-state index contributed by atoms with van der Waals surface area (Å²) in [7, 11) is 0. The number of ketones is 1. The van der Waals surface area contributed by atoms with Gasteiger partial charge in [-0.2, -0.15) is 0 Å².